The molecule has 0 fully saturated rings. The van der Waals surface area contributed by atoms with Crippen LogP contribution in [0, 0.1) is 6.92 Å². The van der Waals surface area contributed by atoms with Crippen molar-refractivity contribution < 1.29 is 14.1 Å². The Morgan fingerprint density at radius 1 is 1.04 bits per heavy atom. The average molecular weight is 372 g/mol. The maximum absolute atomic E-state index is 11.5. The van der Waals surface area contributed by atoms with E-state index in [0.29, 0.717) is 28.5 Å². The van der Waals surface area contributed by atoms with Gasteiger partial charge in [0.1, 0.15) is 11.4 Å². The zero-order valence-corrected chi connectivity index (χ0v) is 15.3. The topological polar surface area (TPSA) is 91.0 Å². The standard InChI is InChI=1S/C21H16N4O3/c1-13-16(12-23-20(24-13)17-5-3-4-10-22-17)19-11-18(25-28-19)14-6-8-15(9-7-14)21(26)27-2/h3-12H,1-2H3. The number of methoxy groups -OCH3 is 1. The van der Waals surface area contributed by atoms with Crippen molar-refractivity contribution in [2.45, 2.75) is 6.92 Å². The van der Waals surface area contributed by atoms with Gasteiger partial charge in [-0.15, -0.1) is 0 Å². The molecule has 138 valence electrons. The summed E-state index contributed by atoms with van der Waals surface area (Å²) in [5, 5.41) is 4.12. The van der Waals surface area contributed by atoms with E-state index in [2.05, 4.69) is 20.1 Å². The fourth-order valence-electron chi connectivity index (χ4n) is 2.76. The van der Waals surface area contributed by atoms with E-state index in [-0.39, 0.29) is 5.97 Å². The molecule has 0 amide bonds. The lowest BCUT2D eigenvalue weighted by molar-refractivity contribution is 0.0601. The zero-order chi connectivity index (χ0) is 19.5. The third-order valence-electron chi connectivity index (χ3n) is 4.25. The summed E-state index contributed by atoms with van der Waals surface area (Å²) in [6.07, 6.45) is 3.41. The van der Waals surface area contributed by atoms with Gasteiger partial charge in [0.25, 0.3) is 0 Å². The van der Waals surface area contributed by atoms with Crippen LogP contribution in [0.3, 0.4) is 0 Å². The van der Waals surface area contributed by atoms with Gasteiger partial charge in [-0.05, 0) is 31.2 Å². The molecule has 7 nitrogen and oxygen atoms in total. The Morgan fingerprint density at radius 2 is 1.86 bits per heavy atom. The Labute approximate surface area is 161 Å². The summed E-state index contributed by atoms with van der Waals surface area (Å²) in [6, 6.07) is 14.4. The molecule has 28 heavy (non-hydrogen) atoms. The van der Waals surface area contributed by atoms with E-state index < -0.39 is 0 Å². The number of rotatable bonds is 4. The summed E-state index contributed by atoms with van der Waals surface area (Å²) >= 11 is 0. The van der Waals surface area contributed by atoms with Crippen LogP contribution in [0.15, 0.2) is 65.4 Å². The van der Waals surface area contributed by atoms with Crippen LogP contribution in [0.4, 0.5) is 0 Å². The lowest BCUT2D eigenvalue weighted by Gasteiger charge is -2.03. The van der Waals surface area contributed by atoms with Crippen molar-refractivity contribution in [3.05, 3.63) is 72.2 Å². The van der Waals surface area contributed by atoms with Crippen LogP contribution in [0.5, 0.6) is 0 Å². The molecule has 0 N–H and O–H groups in total. The van der Waals surface area contributed by atoms with Gasteiger partial charge < -0.3 is 9.26 Å². The number of hydrogen-bond acceptors (Lipinski definition) is 7. The summed E-state index contributed by atoms with van der Waals surface area (Å²) in [6.45, 7) is 1.89. The molecule has 3 aromatic heterocycles. The first-order valence-electron chi connectivity index (χ1n) is 8.56. The Balaban J connectivity index is 1.61. The minimum absolute atomic E-state index is 0.381. The van der Waals surface area contributed by atoms with E-state index in [9.17, 15) is 4.79 Å². The fraction of sp³-hybridized carbons (Fsp3) is 0.0952. The number of ether oxygens (including phenoxy) is 1. The number of carbonyl (C=O) groups is 1. The van der Waals surface area contributed by atoms with Crippen molar-refractivity contribution in [2.75, 3.05) is 7.11 Å². The molecule has 1 aromatic carbocycles. The van der Waals surface area contributed by atoms with Gasteiger partial charge in [-0.1, -0.05) is 23.4 Å². The van der Waals surface area contributed by atoms with Crippen LogP contribution < -0.4 is 0 Å². The van der Waals surface area contributed by atoms with E-state index in [1.807, 2.05) is 31.2 Å². The van der Waals surface area contributed by atoms with E-state index in [1.165, 1.54) is 7.11 Å². The molecule has 0 unspecified atom stereocenters. The summed E-state index contributed by atoms with van der Waals surface area (Å²) in [5.74, 6) is 0.741. The van der Waals surface area contributed by atoms with Gasteiger partial charge in [0, 0.05) is 24.0 Å². The first kappa shape index (κ1) is 17.5. The summed E-state index contributed by atoms with van der Waals surface area (Å²) in [5.41, 5.74) is 4.18. The summed E-state index contributed by atoms with van der Waals surface area (Å²) < 4.78 is 10.2. The van der Waals surface area contributed by atoms with Crippen LogP contribution >= 0.6 is 0 Å². The minimum atomic E-state index is -0.381. The molecule has 4 aromatic rings. The number of pyridine rings is 1. The fourth-order valence-corrected chi connectivity index (χ4v) is 2.76. The average Bonchev–Trinajstić information content (AvgIpc) is 3.24. The second-order valence-electron chi connectivity index (χ2n) is 6.05. The molecule has 7 heteroatoms. The second kappa shape index (κ2) is 7.40. The van der Waals surface area contributed by atoms with E-state index in [0.717, 1.165) is 16.8 Å². The van der Waals surface area contributed by atoms with E-state index in [4.69, 9.17) is 9.26 Å². The molecule has 0 aliphatic carbocycles. The van der Waals surface area contributed by atoms with Crippen molar-refractivity contribution in [3.63, 3.8) is 0 Å². The first-order chi connectivity index (χ1) is 13.7. The molecule has 0 saturated carbocycles. The van der Waals surface area contributed by atoms with Crippen molar-refractivity contribution >= 4 is 5.97 Å². The Morgan fingerprint density at radius 3 is 2.54 bits per heavy atom. The number of aromatic nitrogens is 4. The number of nitrogens with zero attached hydrogens (tertiary/aromatic N) is 4. The van der Waals surface area contributed by atoms with Crippen LogP contribution in [0.2, 0.25) is 0 Å². The van der Waals surface area contributed by atoms with Crippen LogP contribution in [-0.4, -0.2) is 33.2 Å². The number of carbonyl (C=O) groups excluding carboxylic acids is 1. The van der Waals surface area contributed by atoms with Crippen LogP contribution in [0.25, 0.3) is 34.1 Å². The molecular weight excluding hydrogens is 356 g/mol. The van der Waals surface area contributed by atoms with Gasteiger partial charge in [-0.2, -0.15) is 0 Å². The van der Waals surface area contributed by atoms with Crippen LogP contribution in [-0.2, 0) is 4.74 Å². The molecule has 0 aliphatic heterocycles. The smallest absolute Gasteiger partial charge is 0.337 e. The number of hydrogen-bond donors (Lipinski definition) is 0. The number of benzene rings is 1. The van der Waals surface area contributed by atoms with Gasteiger partial charge in [0.15, 0.2) is 11.6 Å². The van der Waals surface area contributed by atoms with Gasteiger partial charge in [0.05, 0.1) is 23.9 Å². The lowest BCUT2D eigenvalue weighted by atomic mass is 10.1. The largest absolute Gasteiger partial charge is 0.465 e. The van der Waals surface area contributed by atoms with Gasteiger partial charge in [0.2, 0.25) is 0 Å². The van der Waals surface area contributed by atoms with E-state index in [1.54, 1.807) is 36.7 Å². The number of esters is 1. The highest BCUT2D eigenvalue weighted by Crippen LogP contribution is 2.28. The SMILES string of the molecule is COC(=O)c1ccc(-c2cc(-c3cnc(-c4ccccn4)nc3C)on2)cc1. The monoisotopic (exact) mass is 372 g/mol. The normalized spacial score (nSPS) is 10.6. The van der Waals surface area contributed by atoms with Crippen molar-refractivity contribution in [2.24, 2.45) is 0 Å². The number of aryl methyl sites for hydroxylation is 1. The highest BCUT2D eigenvalue weighted by molar-refractivity contribution is 5.89. The zero-order valence-electron chi connectivity index (χ0n) is 15.3. The highest BCUT2D eigenvalue weighted by atomic mass is 16.5. The Bertz CT molecular complexity index is 1120. The minimum Gasteiger partial charge on any atom is -0.465 e. The quantitative estimate of drug-likeness (QED) is 0.501. The highest BCUT2D eigenvalue weighted by Gasteiger charge is 2.14. The van der Waals surface area contributed by atoms with Crippen molar-refractivity contribution in [1.29, 1.82) is 0 Å². The molecular formula is C21H16N4O3. The summed E-state index contributed by atoms with van der Waals surface area (Å²) in [4.78, 5) is 24.7. The molecule has 4 rings (SSSR count). The molecule has 0 bridgehead atoms. The van der Waals surface area contributed by atoms with Crippen molar-refractivity contribution in [3.8, 4) is 34.1 Å². The maximum Gasteiger partial charge on any atom is 0.337 e. The first-order valence-corrected chi connectivity index (χ1v) is 8.56. The molecule has 0 spiro atoms. The molecule has 0 radical (unpaired) electrons. The van der Waals surface area contributed by atoms with Gasteiger partial charge in [-0.25, -0.2) is 14.8 Å². The van der Waals surface area contributed by atoms with Gasteiger partial charge >= 0.3 is 5.97 Å². The Hall–Kier alpha value is -3.87. The van der Waals surface area contributed by atoms with Crippen LogP contribution in [0.1, 0.15) is 16.1 Å². The third kappa shape index (κ3) is 3.37. The molecule has 0 aliphatic rings. The molecule has 3 heterocycles. The summed E-state index contributed by atoms with van der Waals surface area (Å²) in [7, 11) is 1.35. The molecule has 0 saturated heterocycles. The predicted octanol–water partition coefficient (Wildman–Crippen LogP) is 3.96. The Kier molecular flexibility index (Phi) is 4.63. The predicted molar refractivity (Wildman–Crippen MR) is 102 cm³/mol. The second-order valence-corrected chi connectivity index (χ2v) is 6.05. The lowest BCUT2D eigenvalue weighted by Crippen LogP contribution is -2.00. The maximum atomic E-state index is 11.5. The van der Waals surface area contributed by atoms with Crippen molar-refractivity contribution in [1.82, 2.24) is 20.1 Å². The third-order valence-corrected chi connectivity index (χ3v) is 4.25. The van der Waals surface area contributed by atoms with Gasteiger partial charge in [-0.3, -0.25) is 4.98 Å². The molecule has 0 atom stereocenters. The van der Waals surface area contributed by atoms with E-state index >= 15 is 0 Å².